The third-order valence-corrected chi connectivity index (χ3v) is 2.90. The summed E-state index contributed by atoms with van der Waals surface area (Å²) >= 11 is 1.80. The van der Waals surface area contributed by atoms with E-state index >= 15 is 0 Å². The summed E-state index contributed by atoms with van der Waals surface area (Å²) in [6, 6.07) is 3.84. The summed E-state index contributed by atoms with van der Waals surface area (Å²) in [5, 5.41) is 17.6. The molecule has 0 aromatic heterocycles. The first-order chi connectivity index (χ1) is 5.27. The second-order valence-corrected chi connectivity index (χ2v) is 3.95. The predicted octanol–water partition coefficient (Wildman–Crippen LogP) is 1.86. The highest BCUT2D eigenvalue weighted by Gasteiger charge is 2.18. The highest BCUT2D eigenvalue weighted by atomic mass is 32.2. The molecule has 0 spiro atoms. The van der Waals surface area contributed by atoms with Gasteiger partial charge < -0.3 is 0 Å². The molecule has 1 saturated heterocycles. The molecule has 0 aromatic carbocycles. The lowest BCUT2D eigenvalue weighted by molar-refractivity contribution is 0.962. The van der Waals surface area contributed by atoms with Crippen molar-refractivity contribution in [1.29, 1.82) is 10.5 Å². The quantitative estimate of drug-likeness (QED) is 0.513. The molecule has 1 aliphatic heterocycles. The van der Waals surface area contributed by atoms with Gasteiger partial charge in [0.05, 0.1) is 0 Å². The number of hydrogen-bond donors (Lipinski definition) is 0. The molecule has 1 unspecified atom stereocenters. The summed E-state index contributed by atoms with van der Waals surface area (Å²) in [7, 11) is 0. The van der Waals surface area contributed by atoms with E-state index in [1.54, 1.807) is 11.8 Å². The zero-order valence-electron chi connectivity index (χ0n) is 6.29. The molecule has 2 nitrogen and oxygen atoms in total. The monoisotopic (exact) mass is 164 g/mol. The number of rotatable bonds is 0. The Labute approximate surface area is 70.5 Å². The van der Waals surface area contributed by atoms with E-state index in [2.05, 4.69) is 6.92 Å². The van der Waals surface area contributed by atoms with Crippen LogP contribution < -0.4 is 0 Å². The number of nitrogens with zero attached hydrogens (tertiary/aromatic N) is 2. The van der Waals surface area contributed by atoms with Gasteiger partial charge in [0.25, 0.3) is 0 Å². The summed E-state index contributed by atoms with van der Waals surface area (Å²) in [6.07, 6.45) is 0.904. The van der Waals surface area contributed by atoms with Gasteiger partial charge in [-0.05, 0) is 12.0 Å². The van der Waals surface area contributed by atoms with Crippen LogP contribution in [0, 0.1) is 22.7 Å². The Morgan fingerprint density at radius 3 is 2.55 bits per heavy atom. The normalized spacial score (nSPS) is 22.5. The Morgan fingerprint density at radius 1 is 1.55 bits per heavy atom. The minimum absolute atomic E-state index is 0.321. The Morgan fingerprint density at radius 2 is 2.18 bits per heavy atom. The third-order valence-electron chi connectivity index (χ3n) is 1.65. The van der Waals surface area contributed by atoms with E-state index in [1.165, 1.54) is 0 Å². The molecule has 11 heavy (non-hydrogen) atoms. The summed E-state index contributed by atoms with van der Waals surface area (Å²) in [4.78, 5) is 0. The van der Waals surface area contributed by atoms with Crippen LogP contribution in [0.4, 0.5) is 0 Å². The molecule has 1 heterocycles. The third kappa shape index (κ3) is 1.76. The van der Waals surface area contributed by atoms with Crippen LogP contribution in [-0.2, 0) is 0 Å². The maximum Gasteiger partial charge on any atom is 0.129 e. The molecular weight excluding hydrogens is 156 g/mol. The highest BCUT2D eigenvalue weighted by Crippen LogP contribution is 2.31. The predicted molar refractivity (Wildman–Crippen MR) is 44.8 cm³/mol. The van der Waals surface area contributed by atoms with Crippen molar-refractivity contribution in [2.75, 3.05) is 5.75 Å². The van der Waals surface area contributed by atoms with E-state index in [0.717, 1.165) is 17.7 Å². The molecule has 3 heteroatoms. The Balaban J connectivity index is 2.83. The van der Waals surface area contributed by atoms with E-state index in [4.69, 9.17) is 10.5 Å². The second-order valence-electron chi connectivity index (χ2n) is 2.53. The van der Waals surface area contributed by atoms with Crippen molar-refractivity contribution >= 4 is 11.8 Å². The molecule has 0 radical (unpaired) electrons. The highest BCUT2D eigenvalue weighted by molar-refractivity contribution is 8.00. The van der Waals surface area contributed by atoms with Crippen molar-refractivity contribution in [3.05, 3.63) is 11.1 Å². The lowest BCUT2D eigenvalue weighted by atomic mass is 10.1. The maximum atomic E-state index is 8.53. The average molecular weight is 164 g/mol. The van der Waals surface area contributed by atoms with E-state index in [9.17, 15) is 0 Å². The SMILES string of the molecule is CC1CC(=C(C#N)C#N)CS1. The molecule has 1 fully saturated rings. The number of allylic oxidation sites excluding steroid dienone is 1. The van der Waals surface area contributed by atoms with Crippen molar-refractivity contribution in [1.82, 2.24) is 0 Å². The van der Waals surface area contributed by atoms with Gasteiger partial charge in [-0.3, -0.25) is 0 Å². The van der Waals surface area contributed by atoms with E-state index in [0.29, 0.717) is 10.8 Å². The fraction of sp³-hybridized carbons (Fsp3) is 0.500. The van der Waals surface area contributed by atoms with Gasteiger partial charge in [-0.1, -0.05) is 6.92 Å². The average Bonchev–Trinajstić information content (AvgIpc) is 2.39. The smallest absolute Gasteiger partial charge is 0.129 e. The first-order valence-electron chi connectivity index (χ1n) is 3.41. The maximum absolute atomic E-state index is 8.53. The standard InChI is InChI=1S/C8H8N2S/c1-6-2-7(5-11-6)8(3-9)4-10/h6H,2,5H2,1H3. The molecule has 1 atom stereocenters. The molecule has 0 bridgehead atoms. The van der Waals surface area contributed by atoms with Gasteiger partial charge >= 0.3 is 0 Å². The first-order valence-corrected chi connectivity index (χ1v) is 4.46. The van der Waals surface area contributed by atoms with Gasteiger partial charge in [0.2, 0.25) is 0 Å². The zero-order valence-corrected chi connectivity index (χ0v) is 7.11. The van der Waals surface area contributed by atoms with Crippen LogP contribution in [-0.4, -0.2) is 11.0 Å². The van der Waals surface area contributed by atoms with Crippen molar-refractivity contribution in [2.24, 2.45) is 0 Å². The summed E-state index contributed by atoms with van der Waals surface area (Å²) in [5.74, 6) is 0.859. The van der Waals surface area contributed by atoms with Crippen LogP contribution in [0.25, 0.3) is 0 Å². The van der Waals surface area contributed by atoms with E-state index in [-0.39, 0.29) is 0 Å². The van der Waals surface area contributed by atoms with Crippen molar-refractivity contribution in [3.8, 4) is 12.1 Å². The van der Waals surface area contributed by atoms with Gasteiger partial charge in [0, 0.05) is 11.0 Å². The summed E-state index contributed by atoms with van der Waals surface area (Å²) in [6.45, 7) is 2.12. The number of hydrogen-bond acceptors (Lipinski definition) is 3. The van der Waals surface area contributed by atoms with Crippen molar-refractivity contribution in [3.63, 3.8) is 0 Å². The first kappa shape index (κ1) is 8.17. The molecular formula is C8H8N2S. The molecule has 0 aliphatic carbocycles. The van der Waals surface area contributed by atoms with Crippen molar-refractivity contribution in [2.45, 2.75) is 18.6 Å². The van der Waals surface area contributed by atoms with Gasteiger partial charge in [0.1, 0.15) is 17.7 Å². The molecule has 56 valence electrons. The van der Waals surface area contributed by atoms with E-state index in [1.807, 2.05) is 12.1 Å². The summed E-state index contributed by atoms with van der Waals surface area (Å²) < 4.78 is 0. The number of nitriles is 2. The minimum Gasteiger partial charge on any atom is -0.192 e. The minimum atomic E-state index is 0.321. The Bertz CT molecular complexity index is 251. The Hall–Kier alpha value is -0.930. The largest absolute Gasteiger partial charge is 0.192 e. The topological polar surface area (TPSA) is 47.6 Å². The van der Waals surface area contributed by atoms with Gasteiger partial charge in [-0.2, -0.15) is 22.3 Å². The van der Waals surface area contributed by atoms with E-state index < -0.39 is 0 Å². The number of thioether (sulfide) groups is 1. The molecule has 0 amide bonds. The van der Waals surface area contributed by atoms with Crippen LogP contribution in [0.2, 0.25) is 0 Å². The Kier molecular flexibility index (Phi) is 2.57. The molecule has 0 N–H and O–H groups in total. The van der Waals surface area contributed by atoms with Crippen LogP contribution in [0.1, 0.15) is 13.3 Å². The van der Waals surface area contributed by atoms with Crippen LogP contribution in [0.5, 0.6) is 0 Å². The van der Waals surface area contributed by atoms with Crippen molar-refractivity contribution < 1.29 is 0 Å². The molecule has 0 aromatic rings. The summed E-state index contributed by atoms with van der Waals surface area (Å²) in [5.41, 5.74) is 1.34. The van der Waals surface area contributed by atoms with Crippen LogP contribution >= 0.6 is 11.8 Å². The molecule has 1 rings (SSSR count). The van der Waals surface area contributed by atoms with Crippen LogP contribution in [0.3, 0.4) is 0 Å². The van der Waals surface area contributed by atoms with Crippen LogP contribution in [0.15, 0.2) is 11.1 Å². The lowest BCUT2D eigenvalue weighted by Gasteiger charge is -1.93. The lowest BCUT2D eigenvalue weighted by Crippen LogP contribution is -1.88. The van der Waals surface area contributed by atoms with Gasteiger partial charge in [0.15, 0.2) is 0 Å². The van der Waals surface area contributed by atoms with Gasteiger partial charge in [-0.15, -0.1) is 0 Å². The molecule has 1 aliphatic rings. The fourth-order valence-electron chi connectivity index (χ4n) is 1.07. The molecule has 0 saturated carbocycles. The fourth-order valence-corrected chi connectivity index (χ4v) is 2.13. The van der Waals surface area contributed by atoms with Gasteiger partial charge in [-0.25, -0.2) is 0 Å². The zero-order chi connectivity index (χ0) is 8.27. The second kappa shape index (κ2) is 3.46.